The molecule has 0 aliphatic rings. The minimum atomic E-state index is -1.50. The summed E-state index contributed by atoms with van der Waals surface area (Å²) in [6.07, 6.45) is 3.80. The van der Waals surface area contributed by atoms with E-state index in [2.05, 4.69) is 18.5 Å². The molecule has 0 aliphatic carbocycles. The van der Waals surface area contributed by atoms with Gasteiger partial charge in [-0.2, -0.15) is 0 Å². The third-order valence-electron chi connectivity index (χ3n) is 3.06. The number of aliphatic hydroxyl groups excluding tert-OH is 1. The Morgan fingerprint density at radius 2 is 1.79 bits per heavy atom. The van der Waals surface area contributed by atoms with E-state index >= 15 is 0 Å². The summed E-state index contributed by atoms with van der Waals surface area (Å²) in [6, 6.07) is -1.91. The lowest BCUT2D eigenvalue weighted by Crippen LogP contribution is -2.51. The Morgan fingerprint density at radius 3 is 2.17 bits per heavy atom. The van der Waals surface area contributed by atoms with Gasteiger partial charge >= 0.3 is 5.97 Å². The van der Waals surface area contributed by atoms with Gasteiger partial charge in [-0.15, -0.1) is 0 Å². The fourth-order valence-electron chi connectivity index (χ4n) is 1.90. The molecule has 0 saturated carbocycles. The minimum Gasteiger partial charge on any atom is -0.480 e. The first-order chi connectivity index (χ1) is 11.2. The standard InChI is InChI=1S/C16H26N2O4.C2H6/c1-5-7-11(6-2)9-12(17)14(19)15(20)18-13(16(21)22)8-10(3)4;1-2/h5-7,10,12-14,19H,1-2,8-9,17H2,3-4H3,(H,18,20)(H,21,22);1-2H3/b11-7+;/t12-,13+,14+;/m1./s1. The molecule has 0 bridgehead atoms. The number of carbonyl (C=O) groups is 2. The zero-order valence-electron chi connectivity index (χ0n) is 15.2. The van der Waals surface area contributed by atoms with Gasteiger partial charge in [0.25, 0.3) is 5.91 Å². The second-order valence-electron chi connectivity index (χ2n) is 5.52. The Labute approximate surface area is 145 Å². The van der Waals surface area contributed by atoms with Crippen LogP contribution in [0.2, 0.25) is 0 Å². The summed E-state index contributed by atoms with van der Waals surface area (Å²) in [5.41, 5.74) is 6.52. The Balaban J connectivity index is 0. The summed E-state index contributed by atoms with van der Waals surface area (Å²) in [7, 11) is 0. The number of carbonyl (C=O) groups excluding carboxylic acids is 1. The van der Waals surface area contributed by atoms with E-state index in [1.165, 1.54) is 0 Å². The predicted octanol–water partition coefficient (Wildman–Crippen LogP) is 2.00. The van der Waals surface area contributed by atoms with Crippen LogP contribution in [0.4, 0.5) is 0 Å². The molecule has 5 N–H and O–H groups in total. The molecule has 0 radical (unpaired) electrons. The van der Waals surface area contributed by atoms with Gasteiger partial charge in [-0.25, -0.2) is 4.79 Å². The van der Waals surface area contributed by atoms with Crippen LogP contribution in [-0.4, -0.2) is 40.3 Å². The molecule has 6 heteroatoms. The molecule has 1 amide bonds. The number of carboxylic acid groups (broad SMARTS) is 1. The van der Waals surface area contributed by atoms with E-state index < -0.39 is 30.1 Å². The van der Waals surface area contributed by atoms with Crippen LogP contribution >= 0.6 is 0 Å². The first-order valence-electron chi connectivity index (χ1n) is 8.13. The van der Waals surface area contributed by atoms with E-state index in [-0.39, 0.29) is 18.8 Å². The van der Waals surface area contributed by atoms with Crippen molar-refractivity contribution in [3.8, 4) is 0 Å². The van der Waals surface area contributed by atoms with Gasteiger partial charge in [0.15, 0.2) is 0 Å². The maximum absolute atomic E-state index is 11.9. The lowest BCUT2D eigenvalue weighted by molar-refractivity contribution is -0.144. The van der Waals surface area contributed by atoms with Crippen molar-refractivity contribution in [1.29, 1.82) is 0 Å². The largest absolute Gasteiger partial charge is 0.480 e. The number of allylic oxidation sites excluding steroid dienone is 3. The highest BCUT2D eigenvalue weighted by Crippen LogP contribution is 2.10. The maximum Gasteiger partial charge on any atom is 0.326 e. The van der Waals surface area contributed by atoms with Crippen molar-refractivity contribution in [2.45, 2.75) is 58.7 Å². The first kappa shape index (κ1) is 24.3. The van der Waals surface area contributed by atoms with Crippen molar-refractivity contribution in [2.75, 3.05) is 0 Å². The van der Waals surface area contributed by atoms with E-state index in [0.29, 0.717) is 0 Å². The number of nitrogens with two attached hydrogens (primary N) is 1. The molecule has 0 fully saturated rings. The molecule has 138 valence electrons. The van der Waals surface area contributed by atoms with E-state index in [1.54, 1.807) is 18.2 Å². The Kier molecular flexibility index (Phi) is 13.7. The molecule has 0 rings (SSSR count). The summed E-state index contributed by atoms with van der Waals surface area (Å²) in [4.78, 5) is 23.0. The summed E-state index contributed by atoms with van der Waals surface area (Å²) in [6.45, 7) is 14.9. The number of hydrogen-bond acceptors (Lipinski definition) is 4. The average Bonchev–Trinajstić information content (AvgIpc) is 2.54. The monoisotopic (exact) mass is 340 g/mol. The highest BCUT2D eigenvalue weighted by atomic mass is 16.4. The van der Waals surface area contributed by atoms with Gasteiger partial charge in [-0.1, -0.05) is 59.1 Å². The van der Waals surface area contributed by atoms with Gasteiger partial charge in [-0.3, -0.25) is 4.79 Å². The van der Waals surface area contributed by atoms with Crippen molar-refractivity contribution < 1.29 is 19.8 Å². The van der Waals surface area contributed by atoms with Crippen LogP contribution in [0.3, 0.4) is 0 Å². The van der Waals surface area contributed by atoms with Gasteiger partial charge in [0.2, 0.25) is 0 Å². The number of amides is 1. The summed E-state index contributed by atoms with van der Waals surface area (Å²) >= 11 is 0. The van der Waals surface area contributed by atoms with Crippen molar-refractivity contribution in [2.24, 2.45) is 11.7 Å². The maximum atomic E-state index is 11.9. The third kappa shape index (κ3) is 9.97. The molecule has 24 heavy (non-hydrogen) atoms. The number of aliphatic carboxylic acids is 1. The highest BCUT2D eigenvalue weighted by molar-refractivity contribution is 5.86. The van der Waals surface area contributed by atoms with Gasteiger partial charge in [0.1, 0.15) is 12.1 Å². The molecule has 0 spiro atoms. The topological polar surface area (TPSA) is 113 Å². The number of hydrogen-bond donors (Lipinski definition) is 4. The van der Waals surface area contributed by atoms with E-state index in [9.17, 15) is 14.7 Å². The Hall–Kier alpha value is -1.92. The number of nitrogens with one attached hydrogen (secondary N) is 1. The Morgan fingerprint density at radius 1 is 1.25 bits per heavy atom. The van der Waals surface area contributed by atoms with Gasteiger partial charge < -0.3 is 21.3 Å². The zero-order valence-corrected chi connectivity index (χ0v) is 15.2. The number of carboxylic acids is 1. The lowest BCUT2D eigenvalue weighted by Gasteiger charge is -2.22. The Bertz CT molecular complexity index is 444. The van der Waals surface area contributed by atoms with Gasteiger partial charge in [-0.05, 0) is 24.3 Å². The summed E-state index contributed by atoms with van der Waals surface area (Å²) in [5, 5.41) is 21.3. The molecular formula is C18H32N2O4. The van der Waals surface area contributed by atoms with Crippen molar-refractivity contribution in [3.63, 3.8) is 0 Å². The molecule has 0 unspecified atom stereocenters. The molecule has 6 nitrogen and oxygen atoms in total. The molecule has 0 aromatic carbocycles. The highest BCUT2D eigenvalue weighted by Gasteiger charge is 2.28. The van der Waals surface area contributed by atoms with E-state index in [4.69, 9.17) is 10.8 Å². The third-order valence-corrected chi connectivity index (χ3v) is 3.06. The molecule has 0 saturated heterocycles. The minimum absolute atomic E-state index is 0.0927. The zero-order chi connectivity index (χ0) is 19.3. The van der Waals surface area contributed by atoms with Crippen LogP contribution in [0.5, 0.6) is 0 Å². The van der Waals surface area contributed by atoms with Gasteiger partial charge in [0.05, 0.1) is 0 Å². The average molecular weight is 340 g/mol. The van der Waals surface area contributed by atoms with E-state index in [1.807, 2.05) is 27.7 Å². The van der Waals surface area contributed by atoms with E-state index in [0.717, 1.165) is 5.57 Å². The van der Waals surface area contributed by atoms with Crippen LogP contribution < -0.4 is 11.1 Å². The smallest absolute Gasteiger partial charge is 0.326 e. The predicted molar refractivity (Wildman–Crippen MR) is 97.4 cm³/mol. The SMILES string of the molecule is C=C/C=C(\C=C)C[C@@H](N)[C@H](O)C(=O)N[C@@H](CC(C)C)C(=O)O.CC. The normalized spacial score (nSPS) is 14.7. The number of aliphatic hydroxyl groups is 1. The quantitative estimate of drug-likeness (QED) is 0.454. The van der Waals surface area contributed by atoms with Crippen LogP contribution in [0.15, 0.2) is 37.0 Å². The van der Waals surface area contributed by atoms with Crippen molar-refractivity contribution >= 4 is 11.9 Å². The second-order valence-corrected chi connectivity index (χ2v) is 5.52. The van der Waals surface area contributed by atoms with Crippen molar-refractivity contribution in [1.82, 2.24) is 5.32 Å². The van der Waals surface area contributed by atoms with Crippen LogP contribution in [-0.2, 0) is 9.59 Å². The van der Waals surface area contributed by atoms with Gasteiger partial charge in [0, 0.05) is 6.04 Å². The fourth-order valence-corrected chi connectivity index (χ4v) is 1.90. The summed E-state index contributed by atoms with van der Waals surface area (Å²) in [5.74, 6) is -1.83. The second kappa shape index (κ2) is 13.5. The fraction of sp³-hybridized carbons (Fsp3) is 0.556. The van der Waals surface area contributed by atoms with Crippen LogP contribution in [0.25, 0.3) is 0 Å². The van der Waals surface area contributed by atoms with Crippen LogP contribution in [0.1, 0.15) is 40.5 Å². The van der Waals surface area contributed by atoms with Crippen molar-refractivity contribution in [3.05, 3.63) is 37.0 Å². The number of rotatable bonds is 10. The molecular weight excluding hydrogens is 308 g/mol. The summed E-state index contributed by atoms with van der Waals surface area (Å²) < 4.78 is 0. The van der Waals surface area contributed by atoms with Crippen LogP contribution in [0, 0.1) is 5.92 Å². The molecule has 0 heterocycles. The molecule has 0 aromatic heterocycles. The lowest BCUT2D eigenvalue weighted by atomic mass is 10.00. The molecule has 0 aliphatic heterocycles. The first-order valence-corrected chi connectivity index (χ1v) is 8.13. The molecule has 0 aromatic rings. The molecule has 3 atom stereocenters.